The van der Waals surface area contributed by atoms with Crippen molar-refractivity contribution in [2.24, 2.45) is 5.73 Å². The molecule has 0 saturated heterocycles. The molecule has 0 aliphatic rings. The quantitative estimate of drug-likeness (QED) is 0.694. The molecule has 6 heteroatoms. The van der Waals surface area contributed by atoms with Crippen molar-refractivity contribution in [2.75, 3.05) is 13.2 Å². The van der Waals surface area contributed by atoms with Gasteiger partial charge in [0.15, 0.2) is 0 Å². The summed E-state index contributed by atoms with van der Waals surface area (Å²) < 4.78 is 5.37. The number of para-hydroxylation sites is 1. The lowest BCUT2D eigenvalue weighted by Gasteiger charge is -2.12. The van der Waals surface area contributed by atoms with Crippen LogP contribution in [0.4, 0.5) is 0 Å². The number of ether oxygens (including phenoxy) is 1. The first-order chi connectivity index (χ1) is 8.63. The molecule has 108 valence electrons. The van der Waals surface area contributed by atoms with E-state index in [0.717, 1.165) is 5.56 Å². The fourth-order valence-corrected chi connectivity index (χ4v) is 1.50. The number of carbonyl (C=O) groups excluding carboxylic acids is 1. The lowest BCUT2D eigenvalue weighted by Crippen LogP contribution is -2.29. The number of nitrogens with one attached hydrogen (secondary N) is 1. The summed E-state index contributed by atoms with van der Waals surface area (Å²) in [5, 5.41) is 11.5. The zero-order valence-electron chi connectivity index (χ0n) is 11.0. The first-order valence-electron chi connectivity index (χ1n) is 5.97. The standard InChI is InChI=1S/C13H20N2O3.ClH/c1-10(14)8-13(17)15-9-11-4-2-3-5-12(11)18-7-6-16;/h2-5,10,16H,6-9,14H2,1H3,(H,15,17);1H. The van der Waals surface area contributed by atoms with Gasteiger partial charge in [0.1, 0.15) is 12.4 Å². The van der Waals surface area contributed by atoms with Crippen LogP contribution in [-0.2, 0) is 11.3 Å². The van der Waals surface area contributed by atoms with Gasteiger partial charge in [-0.25, -0.2) is 0 Å². The average Bonchev–Trinajstić information content (AvgIpc) is 2.34. The number of benzene rings is 1. The van der Waals surface area contributed by atoms with Crippen LogP contribution in [0.1, 0.15) is 18.9 Å². The molecule has 1 aromatic carbocycles. The van der Waals surface area contributed by atoms with Crippen LogP contribution >= 0.6 is 12.4 Å². The Morgan fingerprint density at radius 3 is 2.79 bits per heavy atom. The van der Waals surface area contributed by atoms with E-state index in [-0.39, 0.29) is 37.6 Å². The number of aliphatic hydroxyl groups is 1. The summed E-state index contributed by atoms with van der Waals surface area (Å²) >= 11 is 0. The fourth-order valence-electron chi connectivity index (χ4n) is 1.50. The second kappa shape index (κ2) is 9.61. The zero-order chi connectivity index (χ0) is 13.4. The maximum absolute atomic E-state index is 11.5. The summed E-state index contributed by atoms with van der Waals surface area (Å²) in [4.78, 5) is 11.5. The molecule has 0 aromatic heterocycles. The van der Waals surface area contributed by atoms with E-state index in [1.54, 1.807) is 6.92 Å². The third-order valence-electron chi connectivity index (χ3n) is 2.30. The van der Waals surface area contributed by atoms with E-state index in [2.05, 4.69) is 5.32 Å². The van der Waals surface area contributed by atoms with Crippen LogP contribution in [0, 0.1) is 0 Å². The average molecular weight is 289 g/mol. The Hall–Kier alpha value is -1.30. The van der Waals surface area contributed by atoms with Crippen molar-refractivity contribution in [2.45, 2.75) is 25.9 Å². The van der Waals surface area contributed by atoms with Crippen molar-refractivity contribution >= 4 is 18.3 Å². The van der Waals surface area contributed by atoms with E-state index in [1.165, 1.54) is 0 Å². The molecule has 1 atom stereocenters. The summed E-state index contributed by atoms with van der Waals surface area (Å²) in [7, 11) is 0. The van der Waals surface area contributed by atoms with Gasteiger partial charge < -0.3 is 20.9 Å². The van der Waals surface area contributed by atoms with Gasteiger partial charge in [0.05, 0.1) is 6.61 Å². The molecule has 0 fully saturated rings. The summed E-state index contributed by atoms with van der Waals surface area (Å²) in [6.07, 6.45) is 0.305. The molecule has 0 spiro atoms. The molecule has 19 heavy (non-hydrogen) atoms. The van der Waals surface area contributed by atoms with Gasteiger partial charge in [-0.2, -0.15) is 0 Å². The zero-order valence-corrected chi connectivity index (χ0v) is 11.8. The molecule has 0 heterocycles. The molecule has 1 rings (SSSR count). The Bertz CT molecular complexity index is 386. The van der Waals surface area contributed by atoms with E-state index in [0.29, 0.717) is 18.7 Å². The van der Waals surface area contributed by atoms with Crippen molar-refractivity contribution in [1.29, 1.82) is 0 Å². The van der Waals surface area contributed by atoms with Crippen molar-refractivity contribution in [3.63, 3.8) is 0 Å². The number of amides is 1. The fraction of sp³-hybridized carbons (Fsp3) is 0.462. The normalized spacial score (nSPS) is 11.3. The Kier molecular flexibility index (Phi) is 8.95. The lowest BCUT2D eigenvalue weighted by molar-refractivity contribution is -0.121. The summed E-state index contributed by atoms with van der Waals surface area (Å²) in [5.74, 6) is 0.592. The predicted molar refractivity (Wildman–Crippen MR) is 76.4 cm³/mol. The van der Waals surface area contributed by atoms with Crippen LogP contribution in [0.5, 0.6) is 5.75 Å². The first kappa shape index (κ1) is 17.7. The van der Waals surface area contributed by atoms with Gasteiger partial charge in [-0.15, -0.1) is 12.4 Å². The van der Waals surface area contributed by atoms with Gasteiger partial charge in [-0.3, -0.25) is 4.79 Å². The number of hydrogen-bond acceptors (Lipinski definition) is 4. The highest BCUT2D eigenvalue weighted by Crippen LogP contribution is 2.17. The van der Waals surface area contributed by atoms with Gasteiger partial charge >= 0.3 is 0 Å². The SMILES string of the molecule is CC(N)CC(=O)NCc1ccccc1OCCO.Cl. The number of rotatable bonds is 7. The minimum absolute atomic E-state index is 0. The number of halogens is 1. The Morgan fingerprint density at radius 2 is 2.16 bits per heavy atom. The second-order valence-electron chi connectivity index (χ2n) is 4.14. The highest BCUT2D eigenvalue weighted by molar-refractivity contribution is 5.85. The smallest absolute Gasteiger partial charge is 0.221 e. The number of nitrogens with two attached hydrogens (primary N) is 1. The molecule has 1 unspecified atom stereocenters. The van der Waals surface area contributed by atoms with Crippen molar-refractivity contribution in [3.8, 4) is 5.75 Å². The highest BCUT2D eigenvalue weighted by atomic mass is 35.5. The Labute approximate surface area is 119 Å². The molecule has 0 saturated carbocycles. The Morgan fingerprint density at radius 1 is 1.47 bits per heavy atom. The molecule has 4 N–H and O–H groups in total. The van der Waals surface area contributed by atoms with Crippen LogP contribution in [-0.4, -0.2) is 30.3 Å². The van der Waals surface area contributed by atoms with Crippen molar-refractivity contribution in [1.82, 2.24) is 5.32 Å². The van der Waals surface area contributed by atoms with Gasteiger partial charge in [0.25, 0.3) is 0 Å². The molecule has 0 aliphatic heterocycles. The van der Waals surface area contributed by atoms with Gasteiger partial charge in [0.2, 0.25) is 5.91 Å². The Balaban J connectivity index is 0.00000324. The van der Waals surface area contributed by atoms with E-state index in [1.807, 2.05) is 24.3 Å². The van der Waals surface area contributed by atoms with Crippen LogP contribution in [0.25, 0.3) is 0 Å². The number of aliphatic hydroxyl groups excluding tert-OH is 1. The van der Waals surface area contributed by atoms with Gasteiger partial charge in [-0.05, 0) is 13.0 Å². The van der Waals surface area contributed by atoms with Crippen LogP contribution in [0.3, 0.4) is 0 Å². The summed E-state index contributed by atoms with van der Waals surface area (Å²) in [6, 6.07) is 7.26. The van der Waals surface area contributed by atoms with E-state index >= 15 is 0 Å². The van der Waals surface area contributed by atoms with Crippen LogP contribution in [0.15, 0.2) is 24.3 Å². The molecule has 1 aromatic rings. The first-order valence-corrected chi connectivity index (χ1v) is 5.97. The molecule has 0 aliphatic carbocycles. The molecule has 5 nitrogen and oxygen atoms in total. The number of carbonyl (C=O) groups is 1. The second-order valence-corrected chi connectivity index (χ2v) is 4.14. The highest BCUT2D eigenvalue weighted by Gasteiger charge is 2.07. The molecular formula is C13H21ClN2O3. The van der Waals surface area contributed by atoms with Crippen LogP contribution < -0.4 is 15.8 Å². The third kappa shape index (κ3) is 7.00. The van der Waals surface area contributed by atoms with E-state index < -0.39 is 0 Å². The molecule has 0 radical (unpaired) electrons. The lowest BCUT2D eigenvalue weighted by atomic mass is 10.2. The van der Waals surface area contributed by atoms with E-state index in [4.69, 9.17) is 15.6 Å². The monoisotopic (exact) mass is 288 g/mol. The maximum Gasteiger partial charge on any atom is 0.221 e. The predicted octanol–water partition coefficient (Wildman–Crippen LogP) is 0.833. The largest absolute Gasteiger partial charge is 0.491 e. The molecule has 0 bridgehead atoms. The number of hydrogen-bond donors (Lipinski definition) is 3. The summed E-state index contributed by atoms with van der Waals surface area (Å²) in [6.45, 7) is 2.39. The third-order valence-corrected chi connectivity index (χ3v) is 2.30. The molecule has 1 amide bonds. The van der Waals surface area contributed by atoms with E-state index in [9.17, 15) is 4.79 Å². The van der Waals surface area contributed by atoms with Crippen molar-refractivity contribution < 1.29 is 14.6 Å². The van der Waals surface area contributed by atoms with Crippen molar-refractivity contribution in [3.05, 3.63) is 29.8 Å². The topological polar surface area (TPSA) is 84.6 Å². The van der Waals surface area contributed by atoms with Crippen LogP contribution in [0.2, 0.25) is 0 Å². The molecular weight excluding hydrogens is 268 g/mol. The summed E-state index contributed by atoms with van der Waals surface area (Å²) in [5.41, 5.74) is 6.42. The minimum Gasteiger partial charge on any atom is -0.491 e. The maximum atomic E-state index is 11.5. The van der Waals surface area contributed by atoms with Gasteiger partial charge in [0, 0.05) is 24.6 Å². The van der Waals surface area contributed by atoms with Gasteiger partial charge in [-0.1, -0.05) is 18.2 Å². The minimum atomic E-state index is -0.147.